The zero-order valence-electron chi connectivity index (χ0n) is 17.5. The number of ether oxygens (including phenoxy) is 2. The van der Waals surface area contributed by atoms with E-state index in [1.165, 1.54) is 13.8 Å². The molecule has 6 N–H and O–H groups in total. The molecule has 31 heavy (non-hydrogen) atoms. The number of Topliss-reactive ketones (excluding diaryl/α,β-unsaturated/α-hetero) is 1. The fraction of sp³-hybridized carbons (Fsp3) is 0.474. The highest BCUT2D eigenvalue weighted by molar-refractivity contribution is 5.91. The molecule has 0 aromatic carbocycles. The van der Waals surface area contributed by atoms with Gasteiger partial charge >= 0.3 is 17.9 Å². The number of hydrogen-bond acceptors (Lipinski definition) is 8. The molecule has 0 rings (SSSR count). The Labute approximate surface area is 178 Å². The van der Waals surface area contributed by atoms with Gasteiger partial charge in [-0.05, 0) is 13.8 Å². The first kappa shape index (κ1) is 27.5. The number of carbonyl (C=O) groups is 6. The molecule has 0 radical (unpaired) electrons. The number of carboxylic acids is 1. The number of carbonyl (C=O) groups excluding carboxylic acids is 5. The smallest absolute Gasteiger partial charge is 0.333 e. The standard InChI is InChI=1S/C19H27N3O9/c1-10(2)18(28)30-8-13(20)16(25)21-7-12(23)5-6-15(24)22-14(17(26)27)9-31-19(29)11(3)4/h13-14H,1,3,5-9,20H2,2,4H3,(H,21,25)(H,22,24)(H,26,27)/p+1/t13-,14-/m0/s1. The largest absolute Gasteiger partial charge is 0.480 e. The van der Waals surface area contributed by atoms with Gasteiger partial charge in [0.2, 0.25) is 5.91 Å². The summed E-state index contributed by atoms with van der Waals surface area (Å²) in [6.07, 6.45) is -0.604. The first-order valence-electron chi connectivity index (χ1n) is 9.15. The second-order valence-corrected chi connectivity index (χ2v) is 6.67. The number of ketones is 1. The predicted molar refractivity (Wildman–Crippen MR) is 105 cm³/mol. The molecule has 2 amide bonds. The van der Waals surface area contributed by atoms with Gasteiger partial charge in [0.1, 0.15) is 6.61 Å². The Bertz CT molecular complexity index is 761. The van der Waals surface area contributed by atoms with Crippen molar-refractivity contribution in [2.45, 2.75) is 38.8 Å². The SMILES string of the molecule is C=C(C)C(=O)OC[C@H](NC(=O)CCC(=O)CNC(=O)[C@@H]([NH3+])COC(=O)C(=C)C)C(=O)O. The lowest BCUT2D eigenvalue weighted by atomic mass is 10.2. The molecule has 0 aromatic rings. The van der Waals surface area contributed by atoms with E-state index in [1.54, 1.807) is 0 Å². The number of carboxylic acid groups (broad SMARTS) is 1. The van der Waals surface area contributed by atoms with Gasteiger partial charge in [-0.1, -0.05) is 13.2 Å². The maximum atomic E-state index is 11.9. The Morgan fingerprint density at radius 2 is 1.45 bits per heavy atom. The van der Waals surface area contributed by atoms with E-state index in [4.69, 9.17) is 14.6 Å². The van der Waals surface area contributed by atoms with E-state index in [0.717, 1.165) is 0 Å². The van der Waals surface area contributed by atoms with Crippen LogP contribution in [0.3, 0.4) is 0 Å². The van der Waals surface area contributed by atoms with Gasteiger partial charge in [0.05, 0.1) is 6.54 Å². The lowest BCUT2D eigenvalue weighted by Crippen LogP contribution is -2.69. The Morgan fingerprint density at radius 1 is 0.935 bits per heavy atom. The molecule has 0 aliphatic carbocycles. The summed E-state index contributed by atoms with van der Waals surface area (Å²) in [4.78, 5) is 69.2. The third-order valence-corrected chi connectivity index (χ3v) is 3.59. The van der Waals surface area contributed by atoms with Crippen molar-refractivity contribution in [3.8, 4) is 0 Å². The average molecular weight is 442 g/mol. The maximum absolute atomic E-state index is 11.9. The molecule has 0 heterocycles. The van der Waals surface area contributed by atoms with E-state index >= 15 is 0 Å². The quantitative estimate of drug-likeness (QED) is 0.172. The van der Waals surface area contributed by atoms with Crippen LogP contribution in [-0.2, 0) is 38.2 Å². The van der Waals surface area contributed by atoms with E-state index in [0.29, 0.717) is 0 Å². The van der Waals surface area contributed by atoms with E-state index < -0.39 is 54.2 Å². The number of amides is 2. The molecule has 12 nitrogen and oxygen atoms in total. The molecule has 0 aromatic heterocycles. The summed E-state index contributed by atoms with van der Waals surface area (Å²) in [5.74, 6) is -4.76. The van der Waals surface area contributed by atoms with E-state index in [-0.39, 0.29) is 37.1 Å². The lowest BCUT2D eigenvalue weighted by molar-refractivity contribution is -0.408. The highest BCUT2D eigenvalue weighted by atomic mass is 16.5. The van der Waals surface area contributed by atoms with Crippen LogP contribution in [0, 0.1) is 0 Å². The van der Waals surface area contributed by atoms with Crippen molar-refractivity contribution in [3.63, 3.8) is 0 Å². The normalized spacial score (nSPS) is 12.0. The Balaban J connectivity index is 4.32. The topological polar surface area (TPSA) is 193 Å². The summed E-state index contributed by atoms with van der Waals surface area (Å²) in [5.41, 5.74) is 3.76. The first-order valence-corrected chi connectivity index (χ1v) is 9.15. The molecule has 0 aliphatic rings. The number of rotatable bonds is 14. The summed E-state index contributed by atoms with van der Waals surface area (Å²) < 4.78 is 9.49. The van der Waals surface area contributed by atoms with Crippen LogP contribution in [0.5, 0.6) is 0 Å². The molecule has 0 fully saturated rings. The van der Waals surface area contributed by atoms with Crippen LogP contribution < -0.4 is 16.4 Å². The van der Waals surface area contributed by atoms with Gasteiger partial charge in [0.25, 0.3) is 5.91 Å². The molecule has 0 unspecified atom stereocenters. The zero-order chi connectivity index (χ0) is 24.1. The van der Waals surface area contributed by atoms with Crippen LogP contribution in [0.25, 0.3) is 0 Å². The summed E-state index contributed by atoms with van der Waals surface area (Å²) >= 11 is 0. The van der Waals surface area contributed by atoms with Crippen LogP contribution in [0.4, 0.5) is 0 Å². The van der Waals surface area contributed by atoms with Crippen molar-refractivity contribution in [3.05, 3.63) is 24.3 Å². The molecular weight excluding hydrogens is 414 g/mol. The molecular formula is C19H28N3O9+. The van der Waals surface area contributed by atoms with Gasteiger partial charge in [0.15, 0.2) is 24.5 Å². The minimum absolute atomic E-state index is 0.0709. The van der Waals surface area contributed by atoms with Crippen LogP contribution >= 0.6 is 0 Å². The number of nitrogens with one attached hydrogen (secondary N) is 2. The maximum Gasteiger partial charge on any atom is 0.333 e. The Kier molecular flexibility index (Phi) is 12.1. The number of hydrogen-bond donors (Lipinski definition) is 4. The van der Waals surface area contributed by atoms with Crippen molar-refractivity contribution in [1.29, 1.82) is 0 Å². The molecule has 0 spiro atoms. The summed E-state index contributed by atoms with van der Waals surface area (Å²) in [7, 11) is 0. The van der Waals surface area contributed by atoms with Crippen molar-refractivity contribution in [2.24, 2.45) is 0 Å². The fourth-order valence-electron chi connectivity index (χ4n) is 1.77. The number of esters is 2. The summed E-state index contributed by atoms with van der Waals surface area (Å²) in [6.45, 7) is 8.29. The molecule has 0 saturated heterocycles. The van der Waals surface area contributed by atoms with Crippen molar-refractivity contribution in [2.75, 3.05) is 19.8 Å². The molecule has 12 heteroatoms. The zero-order valence-corrected chi connectivity index (χ0v) is 17.5. The van der Waals surface area contributed by atoms with Gasteiger partial charge < -0.3 is 30.9 Å². The molecule has 172 valence electrons. The number of quaternary nitrogens is 1. The van der Waals surface area contributed by atoms with Gasteiger partial charge in [-0.15, -0.1) is 0 Å². The van der Waals surface area contributed by atoms with Crippen molar-refractivity contribution in [1.82, 2.24) is 10.6 Å². The molecule has 0 aliphatic heterocycles. The summed E-state index contributed by atoms with van der Waals surface area (Å²) in [5, 5.41) is 13.5. The van der Waals surface area contributed by atoms with Crippen LogP contribution in [0.2, 0.25) is 0 Å². The van der Waals surface area contributed by atoms with Gasteiger partial charge in [-0.3, -0.25) is 14.4 Å². The third-order valence-electron chi connectivity index (χ3n) is 3.59. The van der Waals surface area contributed by atoms with Crippen molar-refractivity contribution >= 4 is 35.5 Å². The van der Waals surface area contributed by atoms with Crippen LogP contribution in [-0.4, -0.2) is 72.5 Å². The second-order valence-electron chi connectivity index (χ2n) is 6.67. The predicted octanol–water partition coefficient (Wildman–Crippen LogP) is -2.13. The monoisotopic (exact) mass is 442 g/mol. The average Bonchev–Trinajstić information content (AvgIpc) is 2.70. The van der Waals surface area contributed by atoms with Crippen LogP contribution in [0.15, 0.2) is 24.3 Å². The lowest BCUT2D eigenvalue weighted by Gasteiger charge is -2.14. The first-order chi connectivity index (χ1) is 14.3. The second kappa shape index (κ2) is 13.6. The Hall–Kier alpha value is -3.54. The molecule has 0 bridgehead atoms. The summed E-state index contributed by atoms with van der Waals surface area (Å²) in [6, 6.07) is -2.43. The third kappa shape index (κ3) is 11.9. The highest BCUT2D eigenvalue weighted by Gasteiger charge is 2.23. The van der Waals surface area contributed by atoms with Crippen molar-refractivity contribution < 1.29 is 49.1 Å². The highest BCUT2D eigenvalue weighted by Crippen LogP contribution is 1.98. The van der Waals surface area contributed by atoms with E-state index in [1.807, 2.05) is 0 Å². The minimum Gasteiger partial charge on any atom is -0.480 e. The van der Waals surface area contributed by atoms with Crippen LogP contribution in [0.1, 0.15) is 26.7 Å². The Morgan fingerprint density at radius 3 is 1.94 bits per heavy atom. The van der Waals surface area contributed by atoms with E-state index in [2.05, 4.69) is 29.5 Å². The van der Waals surface area contributed by atoms with Gasteiger partial charge in [0, 0.05) is 24.0 Å². The van der Waals surface area contributed by atoms with Gasteiger partial charge in [-0.2, -0.15) is 0 Å². The van der Waals surface area contributed by atoms with Gasteiger partial charge in [-0.25, -0.2) is 14.4 Å². The van der Waals surface area contributed by atoms with E-state index in [9.17, 15) is 28.8 Å². The molecule has 2 atom stereocenters. The molecule has 0 saturated carbocycles. The fourth-order valence-corrected chi connectivity index (χ4v) is 1.77. The number of aliphatic carboxylic acids is 1. The minimum atomic E-state index is -1.49.